The Morgan fingerprint density at radius 3 is 2.55 bits per heavy atom. The largest absolute Gasteiger partial charge is 0.353 e. The van der Waals surface area contributed by atoms with Crippen molar-refractivity contribution in [3.05, 3.63) is 54.6 Å². The van der Waals surface area contributed by atoms with Crippen LogP contribution in [0.5, 0.6) is 0 Å². The maximum atomic E-state index is 13.2. The summed E-state index contributed by atoms with van der Waals surface area (Å²) in [5, 5.41) is 4.27. The van der Waals surface area contributed by atoms with E-state index in [1.54, 1.807) is 36.9 Å². The highest BCUT2D eigenvalue weighted by Crippen LogP contribution is 2.28. The van der Waals surface area contributed by atoms with Gasteiger partial charge in [0.2, 0.25) is 5.95 Å². The van der Waals surface area contributed by atoms with Crippen molar-refractivity contribution in [2.24, 2.45) is 20.0 Å². The number of imidazole rings is 1. The first-order valence-corrected chi connectivity index (χ1v) is 10.4. The molecule has 1 N–H and O–H groups in total. The molecule has 1 unspecified atom stereocenters. The molecule has 2 atom stereocenters. The number of nitrogens with zero attached hydrogens (tertiary/aromatic N) is 4. The van der Waals surface area contributed by atoms with Crippen LogP contribution in [-0.4, -0.2) is 24.7 Å². The molecule has 4 rings (SSSR count). The van der Waals surface area contributed by atoms with E-state index in [9.17, 15) is 9.59 Å². The fourth-order valence-corrected chi connectivity index (χ4v) is 4.38. The monoisotopic (exact) mass is 435 g/mol. The van der Waals surface area contributed by atoms with Crippen LogP contribution in [-0.2, 0) is 20.6 Å². The average molecular weight is 436 g/mol. The lowest BCUT2D eigenvalue weighted by Crippen LogP contribution is -2.39. The van der Waals surface area contributed by atoms with E-state index in [4.69, 9.17) is 23.2 Å². The third-order valence-electron chi connectivity index (χ3n) is 5.86. The van der Waals surface area contributed by atoms with Crippen LogP contribution in [0.4, 0.5) is 5.95 Å². The fraction of sp³-hybridized carbons (Fsp3) is 0.450. The van der Waals surface area contributed by atoms with Crippen molar-refractivity contribution in [3.63, 3.8) is 0 Å². The van der Waals surface area contributed by atoms with Gasteiger partial charge in [-0.2, -0.15) is 4.98 Å². The summed E-state index contributed by atoms with van der Waals surface area (Å²) in [6.07, 6.45) is 3.43. The van der Waals surface area contributed by atoms with Crippen molar-refractivity contribution < 1.29 is 0 Å². The minimum Gasteiger partial charge on any atom is -0.353 e. The standard InChI is InChI=1S/C20H23Cl2N5O2/c1-11-5-4-6-15(11)23-19-24-17-16(25(19)2)18(28)27(20(29)26(17)3)10-12-7-8-13(21)14(22)9-12/h7-9,11,15H,4-6,10H2,1-3H3,(H,23,24)/t11-,15?/m0/s1. The normalized spacial score (nSPS) is 19.2. The first-order chi connectivity index (χ1) is 13.8. The van der Waals surface area contributed by atoms with Crippen molar-refractivity contribution >= 4 is 40.3 Å². The Bertz CT molecular complexity index is 1210. The van der Waals surface area contributed by atoms with Gasteiger partial charge in [-0.1, -0.05) is 42.6 Å². The quantitative estimate of drug-likeness (QED) is 0.681. The number of halogens is 2. The van der Waals surface area contributed by atoms with E-state index < -0.39 is 5.69 Å². The lowest BCUT2D eigenvalue weighted by Gasteiger charge is -2.17. The van der Waals surface area contributed by atoms with Crippen LogP contribution in [0.25, 0.3) is 11.2 Å². The Hall–Kier alpha value is -2.25. The molecule has 1 aliphatic rings. The van der Waals surface area contributed by atoms with Gasteiger partial charge in [0.25, 0.3) is 5.56 Å². The molecule has 7 nitrogen and oxygen atoms in total. The van der Waals surface area contributed by atoms with Gasteiger partial charge in [0.1, 0.15) is 0 Å². The van der Waals surface area contributed by atoms with Crippen molar-refractivity contribution in [2.75, 3.05) is 5.32 Å². The van der Waals surface area contributed by atoms with Gasteiger partial charge in [0.05, 0.1) is 16.6 Å². The maximum absolute atomic E-state index is 13.2. The van der Waals surface area contributed by atoms with Crippen LogP contribution in [0, 0.1) is 5.92 Å². The first-order valence-electron chi connectivity index (χ1n) is 9.64. The Kier molecular flexibility index (Phi) is 5.21. The summed E-state index contributed by atoms with van der Waals surface area (Å²) in [6, 6.07) is 5.39. The summed E-state index contributed by atoms with van der Waals surface area (Å²) < 4.78 is 4.36. The fourth-order valence-electron chi connectivity index (χ4n) is 4.06. The smallest absolute Gasteiger partial charge is 0.332 e. The number of hydrogen-bond acceptors (Lipinski definition) is 4. The summed E-state index contributed by atoms with van der Waals surface area (Å²) in [4.78, 5) is 30.6. The summed E-state index contributed by atoms with van der Waals surface area (Å²) in [5.74, 6) is 1.16. The van der Waals surface area contributed by atoms with Crippen molar-refractivity contribution in [3.8, 4) is 0 Å². The number of fused-ring (bicyclic) bond motifs is 1. The molecule has 0 bridgehead atoms. The van der Waals surface area contributed by atoms with Crippen LogP contribution in [0.3, 0.4) is 0 Å². The van der Waals surface area contributed by atoms with E-state index in [1.165, 1.54) is 22.0 Å². The Morgan fingerprint density at radius 1 is 1.14 bits per heavy atom. The number of anilines is 1. The molecule has 1 fully saturated rings. The maximum Gasteiger partial charge on any atom is 0.332 e. The van der Waals surface area contributed by atoms with E-state index in [1.807, 2.05) is 0 Å². The highest BCUT2D eigenvalue weighted by atomic mass is 35.5. The molecule has 3 aromatic rings. The minimum absolute atomic E-state index is 0.103. The molecule has 1 saturated carbocycles. The zero-order valence-corrected chi connectivity index (χ0v) is 18.1. The Morgan fingerprint density at radius 2 is 1.90 bits per heavy atom. The predicted molar refractivity (Wildman–Crippen MR) is 116 cm³/mol. The second kappa shape index (κ2) is 7.54. The summed E-state index contributed by atoms with van der Waals surface area (Å²) in [7, 11) is 3.43. The number of benzene rings is 1. The zero-order chi connectivity index (χ0) is 20.9. The first kappa shape index (κ1) is 20.0. The zero-order valence-electron chi connectivity index (χ0n) is 16.6. The van der Waals surface area contributed by atoms with Gasteiger partial charge in [-0.3, -0.25) is 13.9 Å². The lowest BCUT2D eigenvalue weighted by atomic mass is 10.1. The van der Waals surface area contributed by atoms with E-state index in [0.29, 0.717) is 39.1 Å². The second-order valence-electron chi connectivity index (χ2n) is 7.81. The lowest BCUT2D eigenvalue weighted by molar-refractivity contribution is 0.551. The Balaban J connectivity index is 1.80. The van der Waals surface area contributed by atoms with E-state index in [0.717, 1.165) is 12.0 Å². The van der Waals surface area contributed by atoms with Crippen LogP contribution < -0.4 is 16.6 Å². The molecule has 0 radical (unpaired) electrons. The molecule has 0 spiro atoms. The van der Waals surface area contributed by atoms with Crippen molar-refractivity contribution in [1.82, 2.24) is 18.7 Å². The number of aryl methyl sites for hydroxylation is 2. The molecule has 154 valence electrons. The van der Waals surface area contributed by atoms with Gasteiger partial charge in [-0.05, 0) is 36.5 Å². The van der Waals surface area contributed by atoms with Gasteiger partial charge in [-0.15, -0.1) is 0 Å². The molecule has 0 aliphatic heterocycles. The third kappa shape index (κ3) is 3.46. The van der Waals surface area contributed by atoms with Crippen LogP contribution in [0.1, 0.15) is 31.7 Å². The number of hydrogen-bond donors (Lipinski definition) is 1. The van der Waals surface area contributed by atoms with E-state index in [2.05, 4.69) is 17.2 Å². The van der Waals surface area contributed by atoms with Crippen LogP contribution in [0.15, 0.2) is 27.8 Å². The van der Waals surface area contributed by atoms with Gasteiger partial charge >= 0.3 is 5.69 Å². The summed E-state index contributed by atoms with van der Waals surface area (Å²) in [6.45, 7) is 2.32. The number of aromatic nitrogens is 4. The number of nitrogens with one attached hydrogen (secondary N) is 1. The average Bonchev–Trinajstić information content (AvgIpc) is 3.24. The van der Waals surface area contributed by atoms with Gasteiger partial charge in [0.15, 0.2) is 11.2 Å². The molecule has 0 saturated heterocycles. The predicted octanol–water partition coefficient (Wildman–Crippen LogP) is 3.39. The minimum atomic E-state index is -0.424. The highest BCUT2D eigenvalue weighted by Gasteiger charge is 2.26. The molecule has 0 amide bonds. The molecule has 9 heteroatoms. The molecular weight excluding hydrogens is 413 g/mol. The highest BCUT2D eigenvalue weighted by molar-refractivity contribution is 6.42. The van der Waals surface area contributed by atoms with Gasteiger partial charge < -0.3 is 9.88 Å². The topological polar surface area (TPSA) is 73.8 Å². The molecule has 1 aromatic carbocycles. The van der Waals surface area contributed by atoms with Crippen molar-refractivity contribution in [1.29, 1.82) is 0 Å². The SMILES string of the molecule is C[C@H]1CCCC1Nc1nc2c(c(=O)n(Cc3ccc(Cl)c(Cl)c3)c(=O)n2C)n1C. The van der Waals surface area contributed by atoms with Gasteiger partial charge in [-0.25, -0.2) is 4.79 Å². The van der Waals surface area contributed by atoms with Crippen LogP contribution in [0.2, 0.25) is 10.0 Å². The van der Waals surface area contributed by atoms with Crippen LogP contribution >= 0.6 is 23.2 Å². The van der Waals surface area contributed by atoms with E-state index in [-0.39, 0.29) is 12.1 Å². The van der Waals surface area contributed by atoms with Crippen molar-refractivity contribution in [2.45, 2.75) is 38.8 Å². The van der Waals surface area contributed by atoms with E-state index >= 15 is 0 Å². The molecule has 1 aliphatic carbocycles. The molecule has 29 heavy (non-hydrogen) atoms. The molecular formula is C20H23Cl2N5O2. The second-order valence-corrected chi connectivity index (χ2v) is 8.62. The summed E-state index contributed by atoms with van der Waals surface area (Å²) >= 11 is 12.1. The molecule has 2 heterocycles. The Labute approximate surface area is 177 Å². The van der Waals surface area contributed by atoms with Gasteiger partial charge in [0, 0.05) is 20.1 Å². The summed E-state index contributed by atoms with van der Waals surface area (Å²) in [5.41, 5.74) is 0.684. The third-order valence-corrected chi connectivity index (χ3v) is 6.60. The molecule has 2 aromatic heterocycles. The number of rotatable bonds is 4.